The number of nitrogens with zero attached hydrogens (tertiary/aromatic N) is 1. The van der Waals surface area contributed by atoms with Crippen molar-refractivity contribution in [3.05, 3.63) is 156 Å². The van der Waals surface area contributed by atoms with Crippen LogP contribution in [0.1, 0.15) is 16.8 Å². The third-order valence-corrected chi connectivity index (χ3v) is 7.12. The molecular formula is C35H27NO2. The number of aromatic hydroxyl groups is 1. The summed E-state index contributed by atoms with van der Waals surface area (Å²) in [7, 11) is 1.68. The maximum atomic E-state index is 11.2. The van der Waals surface area contributed by atoms with Crippen molar-refractivity contribution in [1.82, 2.24) is 4.98 Å². The number of aromatic nitrogens is 1. The van der Waals surface area contributed by atoms with Crippen molar-refractivity contribution in [1.29, 1.82) is 0 Å². The van der Waals surface area contributed by atoms with Crippen LogP contribution < -0.4 is 0 Å². The highest BCUT2D eigenvalue weighted by molar-refractivity contribution is 6.04. The molecule has 38 heavy (non-hydrogen) atoms. The van der Waals surface area contributed by atoms with E-state index >= 15 is 0 Å². The molecule has 0 aliphatic heterocycles. The van der Waals surface area contributed by atoms with Gasteiger partial charge in [0, 0.05) is 29.2 Å². The van der Waals surface area contributed by atoms with Crippen molar-refractivity contribution in [2.75, 3.05) is 7.11 Å². The summed E-state index contributed by atoms with van der Waals surface area (Å²) in [5, 5.41) is 13.2. The van der Waals surface area contributed by atoms with Gasteiger partial charge < -0.3 is 9.84 Å². The van der Waals surface area contributed by atoms with Crippen molar-refractivity contribution < 1.29 is 9.84 Å². The smallest absolute Gasteiger partial charge is 0.164 e. The van der Waals surface area contributed by atoms with Crippen LogP contribution in [0.25, 0.3) is 33.2 Å². The number of ether oxygens (including phenoxy) is 1. The molecule has 0 fully saturated rings. The second kappa shape index (κ2) is 9.97. The topological polar surface area (TPSA) is 42.4 Å². The number of hydrogen-bond acceptors (Lipinski definition) is 3. The second-order valence-electron chi connectivity index (χ2n) is 9.23. The van der Waals surface area contributed by atoms with E-state index in [4.69, 9.17) is 9.72 Å². The number of phenols is 1. The van der Waals surface area contributed by atoms with Crippen molar-refractivity contribution in [2.45, 2.75) is 5.60 Å². The molecule has 1 N–H and O–H groups in total. The molecule has 0 radical (unpaired) electrons. The fourth-order valence-corrected chi connectivity index (χ4v) is 5.42. The fraction of sp³-hybridized carbons (Fsp3) is 0.0571. The van der Waals surface area contributed by atoms with Gasteiger partial charge in [0.2, 0.25) is 0 Å². The molecule has 6 rings (SSSR count). The van der Waals surface area contributed by atoms with Gasteiger partial charge in [-0.3, -0.25) is 0 Å². The van der Waals surface area contributed by atoms with E-state index in [0.717, 1.165) is 44.4 Å². The predicted molar refractivity (Wildman–Crippen MR) is 154 cm³/mol. The first-order valence-corrected chi connectivity index (χ1v) is 12.7. The molecule has 0 spiro atoms. The molecule has 0 aliphatic carbocycles. The van der Waals surface area contributed by atoms with Gasteiger partial charge in [0.15, 0.2) is 5.60 Å². The molecule has 1 heterocycles. The number of pyridine rings is 1. The predicted octanol–water partition coefficient (Wildman–Crippen LogP) is 8.21. The van der Waals surface area contributed by atoms with Gasteiger partial charge in [-0.05, 0) is 22.6 Å². The van der Waals surface area contributed by atoms with Crippen LogP contribution in [0.5, 0.6) is 5.75 Å². The van der Waals surface area contributed by atoms with E-state index in [-0.39, 0.29) is 5.75 Å². The van der Waals surface area contributed by atoms with Crippen LogP contribution in [0.3, 0.4) is 0 Å². The summed E-state index contributed by atoms with van der Waals surface area (Å²) < 4.78 is 6.50. The number of phenolic OH excluding ortho intramolecular Hbond substituents is 1. The molecule has 3 heteroatoms. The lowest BCUT2D eigenvalue weighted by atomic mass is 9.79. The first kappa shape index (κ1) is 23.7. The molecule has 0 aliphatic rings. The quantitative estimate of drug-likeness (QED) is 0.254. The number of hydrogen-bond donors (Lipinski definition) is 1. The summed E-state index contributed by atoms with van der Waals surface area (Å²) >= 11 is 0. The Morgan fingerprint density at radius 2 is 1.11 bits per heavy atom. The third kappa shape index (κ3) is 3.85. The average Bonchev–Trinajstić information content (AvgIpc) is 2.99. The minimum Gasteiger partial charge on any atom is -0.508 e. The van der Waals surface area contributed by atoms with Crippen LogP contribution >= 0.6 is 0 Å². The van der Waals surface area contributed by atoms with Gasteiger partial charge in [-0.1, -0.05) is 133 Å². The van der Waals surface area contributed by atoms with Crippen molar-refractivity contribution in [3.8, 4) is 28.1 Å². The van der Waals surface area contributed by atoms with Gasteiger partial charge in [-0.15, -0.1) is 0 Å². The van der Waals surface area contributed by atoms with Crippen LogP contribution in [0, 0.1) is 0 Å². The Kier molecular flexibility index (Phi) is 6.20. The molecule has 6 aromatic rings. The van der Waals surface area contributed by atoms with Crippen LogP contribution in [-0.2, 0) is 10.3 Å². The number of benzene rings is 5. The number of fused-ring (bicyclic) bond motifs is 1. The summed E-state index contributed by atoms with van der Waals surface area (Å²) in [6.45, 7) is 0. The van der Waals surface area contributed by atoms with Crippen LogP contribution in [-0.4, -0.2) is 17.2 Å². The highest BCUT2D eigenvalue weighted by Gasteiger charge is 2.42. The van der Waals surface area contributed by atoms with Gasteiger partial charge in [-0.25, -0.2) is 4.98 Å². The molecule has 1 unspecified atom stereocenters. The molecule has 1 atom stereocenters. The molecule has 0 saturated heterocycles. The Morgan fingerprint density at radius 1 is 0.579 bits per heavy atom. The number of methoxy groups -OCH3 is 1. The van der Waals surface area contributed by atoms with E-state index in [1.54, 1.807) is 13.2 Å². The maximum absolute atomic E-state index is 11.2. The van der Waals surface area contributed by atoms with Crippen molar-refractivity contribution in [2.24, 2.45) is 0 Å². The summed E-state index contributed by atoms with van der Waals surface area (Å²) in [6, 6.07) is 46.3. The van der Waals surface area contributed by atoms with Gasteiger partial charge in [0.1, 0.15) is 5.75 Å². The van der Waals surface area contributed by atoms with E-state index in [9.17, 15) is 5.11 Å². The molecule has 184 valence electrons. The number of para-hydroxylation sites is 1. The fourth-order valence-electron chi connectivity index (χ4n) is 5.42. The first-order valence-electron chi connectivity index (χ1n) is 12.7. The standard InChI is InChI=1S/C35H27NO2/c1-38-35(27-19-9-4-10-20-27,30-23-13-14-24-31(30)37)34-29-22-12-11-21-28(29)32(25-15-5-2-6-16-25)33(36-34)26-17-7-3-8-18-26/h2-24,37H,1H3. The first-order chi connectivity index (χ1) is 18.7. The highest BCUT2D eigenvalue weighted by Crippen LogP contribution is 2.48. The molecule has 5 aromatic carbocycles. The molecular weight excluding hydrogens is 466 g/mol. The maximum Gasteiger partial charge on any atom is 0.164 e. The zero-order chi connectivity index (χ0) is 26.0. The summed E-state index contributed by atoms with van der Waals surface area (Å²) in [6.07, 6.45) is 0. The monoisotopic (exact) mass is 493 g/mol. The minimum atomic E-state index is -1.16. The van der Waals surface area contributed by atoms with Crippen LogP contribution in [0.15, 0.2) is 140 Å². The normalized spacial score (nSPS) is 12.8. The van der Waals surface area contributed by atoms with Gasteiger partial charge >= 0.3 is 0 Å². The summed E-state index contributed by atoms with van der Waals surface area (Å²) in [5.41, 5.74) is 5.10. The van der Waals surface area contributed by atoms with Crippen LogP contribution in [0.4, 0.5) is 0 Å². The van der Waals surface area contributed by atoms with E-state index in [0.29, 0.717) is 5.56 Å². The number of rotatable bonds is 6. The molecule has 1 aromatic heterocycles. The van der Waals surface area contributed by atoms with Crippen molar-refractivity contribution >= 4 is 10.8 Å². The van der Waals surface area contributed by atoms with Crippen molar-refractivity contribution in [3.63, 3.8) is 0 Å². The lowest BCUT2D eigenvalue weighted by Crippen LogP contribution is -2.33. The van der Waals surface area contributed by atoms with E-state index < -0.39 is 5.60 Å². The lowest BCUT2D eigenvalue weighted by molar-refractivity contribution is 0.0542. The average molecular weight is 494 g/mol. The van der Waals surface area contributed by atoms with Gasteiger partial charge in [0.25, 0.3) is 0 Å². The summed E-state index contributed by atoms with van der Waals surface area (Å²) in [5.74, 6) is 0.150. The molecule has 3 nitrogen and oxygen atoms in total. The van der Waals surface area contributed by atoms with Gasteiger partial charge in [0.05, 0.1) is 11.4 Å². The molecule has 0 amide bonds. The van der Waals surface area contributed by atoms with E-state index in [1.807, 2.05) is 78.9 Å². The van der Waals surface area contributed by atoms with Gasteiger partial charge in [-0.2, -0.15) is 0 Å². The molecule has 0 saturated carbocycles. The Hall–Kier alpha value is -4.73. The summed E-state index contributed by atoms with van der Waals surface area (Å²) in [4.78, 5) is 5.45. The van der Waals surface area contributed by atoms with Crippen LogP contribution in [0.2, 0.25) is 0 Å². The zero-order valence-corrected chi connectivity index (χ0v) is 21.1. The van der Waals surface area contributed by atoms with E-state index in [2.05, 4.69) is 54.6 Å². The zero-order valence-electron chi connectivity index (χ0n) is 21.1. The largest absolute Gasteiger partial charge is 0.508 e. The Morgan fingerprint density at radius 3 is 1.74 bits per heavy atom. The minimum absolute atomic E-state index is 0.150. The Balaban J connectivity index is 1.81. The molecule has 0 bridgehead atoms. The Bertz CT molecular complexity index is 1700. The highest BCUT2D eigenvalue weighted by atomic mass is 16.5. The second-order valence-corrected chi connectivity index (χ2v) is 9.23. The third-order valence-electron chi connectivity index (χ3n) is 7.12. The SMILES string of the molecule is COC(c1ccccc1)(c1ccccc1O)c1nc(-c2ccccc2)c(-c2ccccc2)c2ccccc12. The Labute approximate surface area is 222 Å². The lowest BCUT2D eigenvalue weighted by Gasteiger charge is -2.35. The van der Waals surface area contributed by atoms with E-state index in [1.165, 1.54) is 0 Å².